The van der Waals surface area contributed by atoms with E-state index in [4.69, 9.17) is 10.5 Å². The maximum absolute atomic E-state index is 5.76. The van der Waals surface area contributed by atoms with Crippen molar-refractivity contribution in [1.29, 1.82) is 0 Å². The summed E-state index contributed by atoms with van der Waals surface area (Å²) in [5, 5.41) is 0. The topological polar surface area (TPSA) is 48.1 Å². The van der Waals surface area contributed by atoms with Crippen molar-refractivity contribution >= 4 is 0 Å². The van der Waals surface area contributed by atoms with Crippen LogP contribution in [-0.2, 0) is 6.42 Å². The van der Waals surface area contributed by atoms with Crippen molar-refractivity contribution in [3.8, 4) is 5.75 Å². The highest BCUT2D eigenvalue weighted by atomic mass is 16.5. The molecule has 1 fully saturated rings. The number of nitrogens with zero attached hydrogens (tertiary/aromatic N) is 1. The molecule has 0 aliphatic heterocycles. The first kappa shape index (κ1) is 9.46. The van der Waals surface area contributed by atoms with E-state index in [0.717, 1.165) is 17.9 Å². The van der Waals surface area contributed by atoms with Gasteiger partial charge in [-0.25, -0.2) is 0 Å². The van der Waals surface area contributed by atoms with E-state index in [0.29, 0.717) is 12.6 Å². The van der Waals surface area contributed by atoms with Gasteiger partial charge in [0.2, 0.25) is 0 Å². The molecule has 0 radical (unpaired) electrons. The second-order valence-electron chi connectivity index (χ2n) is 3.69. The monoisotopic (exact) mass is 192 g/mol. The van der Waals surface area contributed by atoms with E-state index in [9.17, 15) is 0 Å². The van der Waals surface area contributed by atoms with E-state index in [2.05, 4.69) is 4.98 Å². The van der Waals surface area contributed by atoms with E-state index in [1.165, 1.54) is 19.3 Å². The summed E-state index contributed by atoms with van der Waals surface area (Å²) in [5.41, 5.74) is 6.49. The van der Waals surface area contributed by atoms with Crippen LogP contribution in [0.1, 0.15) is 25.0 Å². The number of hydrogen-bond donors (Lipinski definition) is 1. The van der Waals surface area contributed by atoms with Crippen molar-refractivity contribution < 1.29 is 4.74 Å². The van der Waals surface area contributed by atoms with Crippen molar-refractivity contribution in [1.82, 2.24) is 4.98 Å². The molecule has 1 aromatic rings. The second-order valence-corrected chi connectivity index (χ2v) is 3.69. The number of rotatable bonds is 4. The number of hydrogen-bond acceptors (Lipinski definition) is 3. The van der Waals surface area contributed by atoms with Crippen molar-refractivity contribution in [2.75, 3.05) is 6.54 Å². The lowest BCUT2D eigenvalue weighted by molar-refractivity contribution is 0.120. The Balaban J connectivity index is 1.97. The molecule has 1 aliphatic rings. The highest BCUT2D eigenvalue weighted by Crippen LogP contribution is 2.24. The maximum Gasteiger partial charge on any atom is 0.123 e. The lowest BCUT2D eigenvalue weighted by Crippen LogP contribution is -2.24. The molecule has 3 heteroatoms. The average molecular weight is 192 g/mol. The molecule has 0 aromatic carbocycles. The molecule has 2 rings (SSSR count). The number of aromatic nitrogens is 1. The average Bonchev–Trinajstić information content (AvgIpc) is 2.13. The third-order valence-corrected chi connectivity index (χ3v) is 2.54. The predicted octanol–water partition coefficient (Wildman–Crippen LogP) is 1.51. The third-order valence-electron chi connectivity index (χ3n) is 2.54. The van der Waals surface area contributed by atoms with Crippen molar-refractivity contribution in [2.45, 2.75) is 31.8 Å². The molecule has 0 bridgehead atoms. The minimum Gasteiger partial charge on any atom is -0.490 e. The SMILES string of the molecule is NCCc1cc(OC2CCC2)ccn1. The van der Waals surface area contributed by atoms with E-state index in [-0.39, 0.29) is 0 Å². The quantitative estimate of drug-likeness (QED) is 0.786. The Morgan fingerprint density at radius 2 is 2.36 bits per heavy atom. The van der Waals surface area contributed by atoms with Gasteiger partial charge in [-0.3, -0.25) is 4.98 Å². The zero-order valence-electron chi connectivity index (χ0n) is 8.28. The molecule has 0 atom stereocenters. The summed E-state index contributed by atoms with van der Waals surface area (Å²) in [4.78, 5) is 4.22. The molecule has 1 aliphatic carbocycles. The van der Waals surface area contributed by atoms with Crippen LogP contribution in [0.4, 0.5) is 0 Å². The van der Waals surface area contributed by atoms with Crippen LogP contribution in [0.25, 0.3) is 0 Å². The first-order valence-electron chi connectivity index (χ1n) is 5.20. The Kier molecular flexibility index (Phi) is 2.99. The van der Waals surface area contributed by atoms with Crippen LogP contribution in [0.15, 0.2) is 18.3 Å². The first-order chi connectivity index (χ1) is 6.88. The van der Waals surface area contributed by atoms with Gasteiger partial charge in [-0.15, -0.1) is 0 Å². The molecule has 0 saturated heterocycles. The summed E-state index contributed by atoms with van der Waals surface area (Å²) in [5.74, 6) is 0.938. The highest BCUT2D eigenvalue weighted by Gasteiger charge is 2.18. The van der Waals surface area contributed by atoms with Gasteiger partial charge in [-0.2, -0.15) is 0 Å². The van der Waals surface area contributed by atoms with Gasteiger partial charge in [0.05, 0.1) is 6.10 Å². The molecule has 0 unspecified atom stereocenters. The van der Waals surface area contributed by atoms with E-state index < -0.39 is 0 Å². The summed E-state index contributed by atoms with van der Waals surface area (Å²) in [6, 6.07) is 3.91. The van der Waals surface area contributed by atoms with Gasteiger partial charge in [0.25, 0.3) is 0 Å². The molecule has 76 valence electrons. The first-order valence-corrected chi connectivity index (χ1v) is 5.20. The fourth-order valence-electron chi connectivity index (χ4n) is 1.50. The van der Waals surface area contributed by atoms with Crippen LogP contribution in [0.5, 0.6) is 5.75 Å². The molecular weight excluding hydrogens is 176 g/mol. The Morgan fingerprint density at radius 3 is 3.00 bits per heavy atom. The van der Waals surface area contributed by atoms with Crippen molar-refractivity contribution in [2.24, 2.45) is 5.73 Å². The maximum atomic E-state index is 5.76. The molecule has 1 heterocycles. The summed E-state index contributed by atoms with van der Waals surface area (Å²) in [7, 11) is 0. The van der Waals surface area contributed by atoms with E-state index >= 15 is 0 Å². The number of nitrogens with two attached hydrogens (primary N) is 1. The van der Waals surface area contributed by atoms with Crippen molar-refractivity contribution in [3.05, 3.63) is 24.0 Å². The van der Waals surface area contributed by atoms with Crippen LogP contribution in [0.3, 0.4) is 0 Å². The van der Waals surface area contributed by atoms with Gasteiger partial charge in [0.1, 0.15) is 5.75 Å². The fourth-order valence-corrected chi connectivity index (χ4v) is 1.50. The minimum absolute atomic E-state index is 0.433. The normalized spacial score (nSPS) is 16.4. The lowest BCUT2D eigenvalue weighted by atomic mass is 9.96. The highest BCUT2D eigenvalue weighted by molar-refractivity contribution is 5.23. The molecule has 0 amide bonds. The molecule has 2 N–H and O–H groups in total. The standard InChI is InChI=1S/C11H16N2O/c12-6-4-9-8-11(5-7-13-9)14-10-2-1-3-10/h5,7-8,10H,1-4,6,12H2. The number of ether oxygens (including phenoxy) is 1. The second kappa shape index (κ2) is 4.42. The van der Waals surface area contributed by atoms with Crippen LogP contribution in [-0.4, -0.2) is 17.6 Å². The Hall–Kier alpha value is -1.09. The third kappa shape index (κ3) is 2.23. The van der Waals surface area contributed by atoms with Crippen LogP contribution in [0, 0.1) is 0 Å². The van der Waals surface area contributed by atoms with Crippen LogP contribution in [0.2, 0.25) is 0 Å². The summed E-state index contributed by atoms with van der Waals surface area (Å²) in [6.07, 6.45) is 6.72. The van der Waals surface area contributed by atoms with Gasteiger partial charge in [0.15, 0.2) is 0 Å². The van der Waals surface area contributed by atoms with Gasteiger partial charge in [-0.1, -0.05) is 0 Å². The van der Waals surface area contributed by atoms with E-state index in [1.54, 1.807) is 6.20 Å². The largest absolute Gasteiger partial charge is 0.490 e. The Labute approximate surface area is 84.3 Å². The van der Waals surface area contributed by atoms with Crippen LogP contribution >= 0.6 is 0 Å². The van der Waals surface area contributed by atoms with Crippen molar-refractivity contribution in [3.63, 3.8) is 0 Å². The fraction of sp³-hybridized carbons (Fsp3) is 0.545. The zero-order valence-corrected chi connectivity index (χ0v) is 8.28. The minimum atomic E-state index is 0.433. The van der Waals surface area contributed by atoms with E-state index in [1.807, 2.05) is 12.1 Å². The smallest absolute Gasteiger partial charge is 0.123 e. The lowest BCUT2D eigenvalue weighted by Gasteiger charge is -2.26. The zero-order chi connectivity index (χ0) is 9.80. The Bertz CT molecular complexity index is 297. The molecular formula is C11H16N2O. The molecule has 1 aromatic heterocycles. The summed E-state index contributed by atoms with van der Waals surface area (Å²) in [6.45, 7) is 0.639. The molecule has 14 heavy (non-hydrogen) atoms. The van der Waals surface area contributed by atoms with Gasteiger partial charge >= 0.3 is 0 Å². The van der Waals surface area contributed by atoms with Crippen LogP contribution < -0.4 is 10.5 Å². The summed E-state index contributed by atoms with van der Waals surface area (Å²) >= 11 is 0. The molecule has 1 saturated carbocycles. The van der Waals surface area contributed by atoms with Gasteiger partial charge in [-0.05, 0) is 31.9 Å². The number of pyridine rings is 1. The molecule has 0 spiro atoms. The van der Waals surface area contributed by atoms with Gasteiger partial charge < -0.3 is 10.5 Å². The predicted molar refractivity (Wildman–Crippen MR) is 55.3 cm³/mol. The Morgan fingerprint density at radius 1 is 1.50 bits per heavy atom. The molecule has 3 nitrogen and oxygen atoms in total. The summed E-state index contributed by atoms with van der Waals surface area (Å²) < 4.78 is 5.76. The van der Waals surface area contributed by atoms with Gasteiger partial charge in [0, 0.05) is 24.4 Å².